The standard InChI is InChI=1S/C34H60O6/c1-4-5-18-24-31(35)25-20-15-11-7-6-8-12-16-21-26-33(37)39-28-32(36)29-40-34(38)27-22-17-13-9-10-14-19-23-30(2)3/h11,15,20,25,30,32,36H,4-10,12-14,16-19,21-24,26-29H2,1-3H3/b15-11-,25-20+/t32-/m0/s1. The number of carbonyl (C=O) groups excluding carboxylic acids is 3. The van der Waals surface area contributed by atoms with E-state index in [-0.39, 0.29) is 30.9 Å². The molecule has 0 unspecified atom stereocenters. The molecule has 0 rings (SSSR count). The number of hydrogen-bond acceptors (Lipinski definition) is 6. The molecule has 232 valence electrons. The van der Waals surface area contributed by atoms with E-state index in [2.05, 4.69) is 26.8 Å². The van der Waals surface area contributed by atoms with Gasteiger partial charge in [0.1, 0.15) is 19.3 Å². The van der Waals surface area contributed by atoms with Gasteiger partial charge in [-0.25, -0.2) is 0 Å². The van der Waals surface area contributed by atoms with Gasteiger partial charge in [-0.3, -0.25) is 14.4 Å². The molecular formula is C34H60O6. The van der Waals surface area contributed by atoms with Crippen molar-refractivity contribution in [1.82, 2.24) is 0 Å². The van der Waals surface area contributed by atoms with E-state index in [0.717, 1.165) is 83.0 Å². The van der Waals surface area contributed by atoms with Gasteiger partial charge in [-0.1, -0.05) is 116 Å². The number of hydrogen-bond donors (Lipinski definition) is 1. The van der Waals surface area contributed by atoms with Crippen LogP contribution < -0.4 is 0 Å². The summed E-state index contributed by atoms with van der Waals surface area (Å²) in [6.07, 6.45) is 26.4. The molecule has 6 nitrogen and oxygen atoms in total. The zero-order valence-electron chi connectivity index (χ0n) is 26.0. The summed E-state index contributed by atoms with van der Waals surface area (Å²) in [6.45, 7) is 6.38. The lowest BCUT2D eigenvalue weighted by Crippen LogP contribution is -2.25. The molecule has 1 N–H and O–H groups in total. The normalized spacial score (nSPS) is 12.4. The first-order chi connectivity index (χ1) is 19.3. The van der Waals surface area contributed by atoms with Crippen LogP contribution in [0.5, 0.6) is 0 Å². The lowest BCUT2D eigenvalue weighted by atomic mass is 10.0. The number of unbranched alkanes of at least 4 members (excludes halogenated alkanes) is 13. The molecule has 0 radical (unpaired) electrons. The molecule has 0 heterocycles. The highest BCUT2D eigenvalue weighted by atomic mass is 16.6. The molecule has 0 saturated heterocycles. The van der Waals surface area contributed by atoms with Crippen molar-refractivity contribution in [2.75, 3.05) is 13.2 Å². The summed E-state index contributed by atoms with van der Waals surface area (Å²) < 4.78 is 10.2. The van der Waals surface area contributed by atoms with E-state index in [1.165, 1.54) is 32.1 Å². The van der Waals surface area contributed by atoms with Crippen molar-refractivity contribution < 1.29 is 29.0 Å². The van der Waals surface area contributed by atoms with Crippen LogP contribution in [0.15, 0.2) is 24.3 Å². The summed E-state index contributed by atoms with van der Waals surface area (Å²) >= 11 is 0. The van der Waals surface area contributed by atoms with Gasteiger partial charge in [-0.05, 0) is 44.1 Å². The van der Waals surface area contributed by atoms with Gasteiger partial charge in [0.15, 0.2) is 5.78 Å². The molecule has 0 aliphatic heterocycles. The Bertz CT molecular complexity index is 682. The van der Waals surface area contributed by atoms with Gasteiger partial charge < -0.3 is 14.6 Å². The van der Waals surface area contributed by atoms with E-state index in [1.54, 1.807) is 6.08 Å². The second-order valence-corrected chi connectivity index (χ2v) is 11.4. The number of esters is 2. The number of ketones is 1. The van der Waals surface area contributed by atoms with Gasteiger partial charge >= 0.3 is 11.9 Å². The highest BCUT2D eigenvalue weighted by Crippen LogP contribution is 2.13. The van der Waals surface area contributed by atoms with E-state index in [0.29, 0.717) is 19.3 Å². The van der Waals surface area contributed by atoms with Crippen molar-refractivity contribution in [2.24, 2.45) is 5.92 Å². The second-order valence-electron chi connectivity index (χ2n) is 11.4. The number of carbonyl (C=O) groups is 3. The van der Waals surface area contributed by atoms with E-state index < -0.39 is 6.10 Å². The van der Waals surface area contributed by atoms with Gasteiger partial charge in [-0.2, -0.15) is 0 Å². The molecule has 0 aromatic carbocycles. The molecule has 0 aromatic rings. The molecule has 0 bridgehead atoms. The molecule has 0 fully saturated rings. The Kier molecular flexibility index (Phi) is 27.2. The highest BCUT2D eigenvalue weighted by molar-refractivity contribution is 5.89. The van der Waals surface area contributed by atoms with Gasteiger partial charge in [0.05, 0.1) is 0 Å². The van der Waals surface area contributed by atoms with Crippen LogP contribution in [-0.2, 0) is 23.9 Å². The molecule has 0 spiro atoms. The Morgan fingerprint density at radius 3 is 1.70 bits per heavy atom. The third-order valence-corrected chi connectivity index (χ3v) is 6.84. The average molecular weight is 565 g/mol. The highest BCUT2D eigenvalue weighted by Gasteiger charge is 2.12. The zero-order chi connectivity index (χ0) is 29.7. The second kappa shape index (κ2) is 28.6. The van der Waals surface area contributed by atoms with E-state index in [9.17, 15) is 19.5 Å². The number of aliphatic hydroxyl groups is 1. The van der Waals surface area contributed by atoms with Crippen LogP contribution in [0.3, 0.4) is 0 Å². The summed E-state index contributed by atoms with van der Waals surface area (Å²) in [4.78, 5) is 35.4. The van der Waals surface area contributed by atoms with Crippen LogP contribution in [0.25, 0.3) is 0 Å². The molecule has 40 heavy (non-hydrogen) atoms. The average Bonchev–Trinajstić information content (AvgIpc) is 2.92. The summed E-state index contributed by atoms with van der Waals surface area (Å²) in [5.41, 5.74) is 0. The van der Waals surface area contributed by atoms with Crippen LogP contribution in [0, 0.1) is 5.92 Å². The number of rotatable bonds is 28. The predicted octanol–water partition coefficient (Wildman–Crippen LogP) is 8.59. The van der Waals surface area contributed by atoms with Crippen molar-refractivity contribution in [1.29, 1.82) is 0 Å². The fourth-order valence-electron chi connectivity index (χ4n) is 4.31. The maximum absolute atomic E-state index is 11.9. The Balaban J connectivity index is 3.55. The third kappa shape index (κ3) is 29.0. The topological polar surface area (TPSA) is 89.9 Å². The van der Waals surface area contributed by atoms with E-state index in [1.807, 2.05) is 12.2 Å². The Labute approximate surface area is 245 Å². The van der Waals surface area contributed by atoms with Gasteiger partial charge in [0.2, 0.25) is 0 Å². The summed E-state index contributed by atoms with van der Waals surface area (Å²) in [7, 11) is 0. The fraction of sp³-hybridized carbons (Fsp3) is 0.794. The van der Waals surface area contributed by atoms with E-state index >= 15 is 0 Å². The zero-order valence-corrected chi connectivity index (χ0v) is 26.0. The predicted molar refractivity (Wildman–Crippen MR) is 164 cm³/mol. The molecule has 0 aromatic heterocycles. The SMILES string of the molecule is CCCCCC(=O)/C=C/C=C\CCCCCCCC(=O)OC[C@H](O)COC(=O)CCCCCCCCCC(C)C. The molecule has 0 aliphatic carbocycles. The van der Waals surface area contributed by atoms with Crippen molar-refractivity contribution >= 4 is 17.7 Å². The number of allylic oxidation sites excluding steroid dienone is 4. The van der Waals surface area contributed by atoms with Gasteiger partial charge in [0.25, 0.3) is 0 Å². The van der Waals surface area contributed by atoms with Crippen LogP contribution >= 0.6 is 0 Å². The van der Waals surface area contributed by atoms with Crippen LogP contribution in [0.4, 0.5) is 0 Å². The van der Waals surface area contributed by atoms with Crippen molar-refractivity contribution in [3.05, 3.63) is 24.3 Å². The van der Waals surface area contributed by atoms with Gasteiger partial charge in [0, 0.05) is 19.3 Å². The minimum Gasteiger partial charge on any atom is -0.463 e. The Hall–Kier alpha value is -1.95. The maximum Gasteiger partial charge on any atom is 0.305 e. The monoisotopic (exact) mass is 564 g/mol. The minimum absolute atomic E-state index is 0.137. The lowest BCUT2D eigenvalue weighted by Gasteiger charge is -2.12. The minimum atomic E-state index is -0.985. The molecule has 0 saturated carbocycles. The third-order valence-electron chi connectivity index (χ3n) is 6.84. The fourth-order valence-corrected chi connectivity index (χ4v) is 4.31. The molecule has 6 heteroatoms. The smallest absolute Gasteiger partial charge is 0.305 e. The first kappa shape index (κ1) is 38.0. The Morgan fingerprint density at radius 2 is 1.15 bits per heavy atom. The van der Waals surface area contributed by atoms with Crippen LogP contribution in [-0.4, -0.2) is 42.1 Å². The molecular weight excluding hydrogens is 504 g/mol. The summed E-state index contributed by atoms with van der Waals surface area (Å²) in [6, 6.07) is 0. The summed E-state index contributed by atoms with van der Waals surface area (Å²) in [5.74, 6) is 0.356. The quantitative estimate of drug-likeness (QED) is 0.0443. The van der Waals surface area contributed by atoms with Crippen LogP contribution in [0.2, 0.25) is 0 Å². The first-order valence-corrected chi connectivity index (χ1v) is 16.2. The van der Waals surface area contributed by atoms with Gasteiger partial charge in [-0.15, -0.1) is 0 Å². The van der Waals surface area contributed by atoms with E-state index in [4.69, 9.17) is 9.47 Å². The van der Waals surface area contributed by atoms with Crippen LogP contribution in [0.1, 0.15) is 149 Å². The molecule has 0 aliphatic rings. The molecule has 1 atom stereocenters. The number of ether oxygens (including phenoxy) is 2. The van der Waals surface area contributed by atoms with Crippen molar-refractivity contribution in [2.45, 2.75) is 155 Å². The summed E-state index contributed by atoms with van der Waals surface area (Å²) in [5, 5.41) is 9.93. The lowest BCUT2D eigenvalue weighted by molar-refractivity contribution is -0.152. The number of aliphatic hydroxyl groups excluding tert-OH is 1. The van der Waals surface area contributed by atoms with Crippen molar-refractivity contribution in [3.63, 3.8) is 0 Å². The largest absolute Gasteiger partial charge is 0.463 e. The first-order valence-electron chi connectivity index (χ1n) is 16.2. The Morgan fingerprint density at radius 1 is 0.650 bits per heavy atom. The molecule has 0 amide bonds. The van der Waals surface area contributed by atoms with Crippen molar-refractivity contribution in [3.8, 4) is 0 Å². The maximum atomic E-state index is 11.9.